The van der Waals surface area contributed by atoms with Crippen LogP contribution in [0.1, 0.15) is 5.56 Å². The quantitative estimate of drug-likeness (QED) is 0.741. The lowest BCUT2D eigenvalue weighted by atomic mass is 10.2. The zero-order valence-corrected chi connectivity index (χ0v) is 11.8. The first-order valence-electron chi connectivity index (χ1n) is 5.77. The Labute approximate surface area is 118 Å². The number of rotatable bonds is 1. The largest absolute Gasteiger partial charge is 0.369 e. The molecule has 0 atom stereocenters. The van der Waals surface area contributed by atoms with E-state index in [4.69, 9.17) is 5.73 Å². The summed E-state index contributed by atoms with van der Waals surface area (Å²) in [6, 6.07) is 10.6. The van der Waals surface area contributed by atoms with E-state index in [1.165, 1.54) is 6.07 Å². The molecule has 0 fully saturated rings. The predicted molar refractivity (Wildman–Crippen MR) is 77.9 cm³/mol. The summed E-state index contributed by atoms with van der Waals surface area (Å²) in [7, 11) is 0. The molecule has 0 saturated heterocycles. The second-order valence-corrected chi connectivity index (χ2v) is 5.26. The van der Waals surface area contributed by atoms with Crippen molar-refractivity contribution in [1.29, 1.82) is 0 Å². The molecule has 0 spiro atoms. The summed E-state index contributed by atoms with van der Waals surface area (Å²) < 4.78 is 16.5. The van der Waals surface area contributed by atoms with Crippen molar-refractivity contribution in [3.8, 4) is 5.69 Å². The van der Waals surface area contributed by atoms with Crippen molar-refractivity contribution >= 4 is 32.9 Å². The predicted octanol–water partition coefficient (Wildman–Crippen LogP) is 3.82. The molecule has 3 nitrogen and oxygen atoms in total. The van der Waals surface area contributed by atoms with Crippen LogP contribution in [0.25, 0.3) is 16.7 Å². The van der Waals surface area contributed by atoms with Crippen LogP contribution in [-0.2, 0) is 0 Å². The van der Waals surface area contributed by atoms with E-state index >= 15 is 0 Å². The van der Waals surface area contributed by atoms with E-state index in [2.05, 4.69) is 20.9 Å². The van der Waals surface area contributed by atoms with Gasteiger partial charge in [-0.3, -0.25) is 4.57 Å². The maximum atomic E-state index is 14.1. The maximum Gasteiger partial charge on any atom is 0.206 e. The van der Waals surface area contributed by atoms with E-state index in [0.29, 0.717) is 10.2 Å². The molecule has 1 heterocycles. The highest BCUT2D eigenvalue weighted by atomic mass is 79.9. The molecule has 2 N–H and O–H groups in total. The summed E-state index contributed by atoms with van der Waals surface area (Å²) in [5, 5.41) is 0. The van der Waals surface area contributed by atoms with Crippen LogP contribution in [0.15, 0.2) is 40.9 Å². The number of fused-ring (bicyclic) bond motifs is 1. The van der Waals surface area contributed by atoms with Gasteiger partial charge < -0.3 is 5.73 Å². The van der Waals surface area contributed by atoms with Crippen LogP contribution in [-0.4, -0.2) is 9.55 Å². The van der Waals surface area contributed by atoms with Crippen molar-refractivity contribution in [2.45, 2.75) is 6.92 Å². The molecular weight excluding hydrogens is 309 g/mol. The van der Waals surface area contributed by atoms with Crippen molar-refractivity contribution in [2.75, 3.05) is 5.73 Å². The SMILES string of the molecule is Cc1cccc2nc(N)n(-c3ccc(Br)cc3F)c12. The number of anilines is 1. The topological polar surface area (TPSA) is 43.8 Å². The first-order chi connectivity index (χ1) is 9.08. The van der Waals surface area contributed by atoms with E-state index in [1.807, 2.05) is 25.1 Å². The van der Waals surface area contributed by atoms with Crippen LogP contribution in [0.4, 0.5) is 10.3 Å². The Morgan fingerprint density at radius 2 is 2.05 bits per heavy atom. The average molecular weight is 320 g/mol. The Morgan fingerprint density at radius 1 is 1.26 bits per heavy atom. The minimum Gasteiger partial charge on any atom is -0.369 e. The summed E-state index contributed by atoms with van der Waals surface area (Å²) in [4.78, 5) is 4.28. The summed E-state index contributed by atoms with van der Waals surface area (Å²) in [5.41, 5.74) is 8.94. The third-order valence-corrected chi connectivity index (χ3v) is 3.55. The highest BCUT2D eigenvalue weighted by molar-refractivity contribution is 9.10. The van der Waals surface area contributed by atoms with Crippen molar-refractivity contribution in [1.82, 2.24) is 9.55 Å². The zero-order chi connectivity index (χ0) is 13.6. The lowest BCUT2D eigenvalue weighted by Gasteiger charge is -2.09. The number of aryl methyl sites for hydroxylation is 1. The van der Waals surface area contributed by atoms with Crippen molar-refractivity contribution < 1.29 is 4.39 Å². The Hall–Kier alpha value is -1.88. The van der Waals surface area contributed by atoms with E-state index in [1.54, 1.807) is 16.7 Å². The lowest BCUT2D eigenvalue weighted by molar-refractivity contribution is 0.619. The molecule has 0 amide bonds. The number of benzene rings is 2. The Morgan fingerprint density at radius 3 is 2.79 bits per heavy atom. The molecule has 0 aliphatic carbocycles. The van der Waals surface area contributed by atoms with Crippen LogP contribution in [0.2, 0.25) is 0 Å². The second kappa shape index (κ2) is 4.35. The molecule has 0 saturated carbocycles. The molecule has 3 rings (SSSR count). The fourth-order valence-corrected chi connectivity index (χ4v) is 2.55. The van der Waals surface area contributed by atoms with E-state index < -0.39 is 0 Å². The number of para-hydroxylation sites is 1. The van der Waals surface area contributed by atoms with Gasteiger partial charge in [0.1, 0.15) is 5.82 Å². The standard InChI is InChI=1S/C14H11BrFN3/c1-8-3-2-4-11-13(8)19(14(17)18-11)12-6-5-9(15)7-10(12)16/h2-7H,1H3,(H2,17,18). The van der Waals surface area contributed by atoms with Gasteiger partial charge in [-0.2, -0.15) is 0 Å². The summed E-state index contributed by atoms with van der Waals surface area (Å²) in [5.74, 6) is -0.0610. The Balaban J connectivity index is 2.39. The van der Waals surface area contributed by atoms with Crippen LogP contribution >= 0.6 is 15.9 Å². The van der Waals surface area contributed by atoms with Gasteiger partial charge in [-0.1, -0.05) is 28.1 Å². The highest BCUT2D eigenvalue weighted by Gasteiger charge is 2.14. The minimum absolute atomic E-state index is 0.283. The number of imidazole rings is 1. The smallest absolute Gasteiger partial charge is 0.206 e. The number of nitrogen functional groups attached to an aromatic ring is 1. The average Bonchev–Trinajstić information content (AvgIpc) is 2.67. The maximum absolute atomic E-state index is 14.1. The monoisotopic (exact) mass is 319 g/mol. The molecule has 3 aromatic rings. The number of hydrogen-bond donors (Lipinski definition) is 1. The van der Waals surface area contributed by atoms with Crippen molar-refractivity contribution in [3.05, 3.63) is 52.3 Å². The fraction of sp³-hybridized carbons (Fsp3) is 0.0714. The molecule has 96 valence electrons. The van der Waals surface area contributed by atoms with Gasteiger partial charge >= 0.3 is 0 Å². The van der Waals surface area contributed by atoms with Gasteiger partial charge in [-0.15, -0.1) is 0 Å². The Bertz CT molecular complexity index is 780. The van der Waals surface area contributed by atoms with E-state index in [0.717, 1.165) is 16.6 Å². The molecule has 5 heteroatoms. The molecule has 1 aromatic heterocycles. The summed E-state index contributed by atoms with van der Waals surface area (Å²) in [6.07, 6.45) is 0. The summed E-state index contributed by atoms with van der Waals surface area (Å²) in [6.45, 7) is 1.96. The van der Waals surface area contributed by atoms with E-state index in [-0.39, 0.29) is 11.8 Å². The second-order valence-electron chi connectivity index (χ2n) is 4.34. The third-order valence-electron chi connectivity index (χ3n) is 3.05. The Kier molecular flexibility index (Phi) is 2.78. The van der Waals surface area contributed by atoms with Gasteiger partial charge in [-0.05, 0) is 36.8 Å². The molecule has 0 aliphatic rings. The first-order valence-corrected chi connectivity index (χ1v) is 6.56. The van der Waals surface area contributed by atoms with Crippen LogP contribution < -0.4 is 5.73 Å². The molecule has 0 bridgehead atoms. The normalized spacial score (nSPS) is 11.1. The van der Waals surface area contributed by atoms with Gasteiger partial charge in [0.05, 0.1) is 16.7 Å². The highest BCUT2D eigenvalue weighted by Crippen LogP contribution is 2.28. The van der Waals surface area contributed by atoms with Gasteiger partial charge in [0.15, 0.2) is 0 Å². The lowest BCUT2D eigenvalue weighted by Crippen LogP contribution is -2.03. The van der Waals surface area contributed by atoms with Gasteiger partial charge in [0, 0.05) is 4.47 Å². The number of nitrogens with zero attached hydrogens (tertiary/aromatic N) is 2. The molecule has 2 aromatic carbocycles. The van der Waals surface area contributed by atoms with Crippen LogP contribution in [0.3, 0.4) is 0 Å². The van der Waals surface area contributed by atoms with Crippen molar-refractivity contribution in [2.24, 2.45) is 0 Å². The summed E-state index contributed by atoms with van der Waals surface area (Å²) >= 11 is 3.25. The first kappa shape index (κ1) is 12.2. The molecule has 0 aliphatic heterocycles. The number of aromatic nitrogens is 2. The zero-order valence-electron chi connectivity index (χ0n) is 10.2. The van der Waals surface area contributed by atoms with E-state index in [9.17, 15) is 4.39 Å². The molecule has 0 radical (unpaired) electrons. The number of hydrogen-bond acceptors (Lipinski definition) is 2. The minimum atomic E-state index is -0.344. The van der Waals surface area contributed by atoms with Gasteiger partial charge in [0.2, 0.25) is 5.95 Å². The number of nitrogens with two attached hydrogens (primary N) is 1. The molecule has 0 unspecified atom stereocenters. The van der Waals surface area contributed by atoms with Crippen molar-refractivity contribution in [3.63, 3.8) is 0 Å². The molecular formula is C14H11BrFN3. The third kappa shape index (κ3) is 1.90. The fourth-order valence-electron chi connectivity index (χ4n) is 2.22. The number of halogens is 2. The van der Waals surface area contributed by atoms with Crippen LogP contribution in [0, 0.1) is 12.7 Å². The van der Waals surface area contributed by atoms with Gasteiger partial charge in [-0.25, -0.2) is 9.37 Å². The van der Waals surface area contributed by atoms with Gasteiger partial charge in [0.25, 0.3) is 0 Å². The van der Waals surface area contributed by atoms with Crippen LogP contribution in [0.5, 0.6) is 0 Å². The molecule has 19 heavy (non-hydrogen) atoms.